The summed E-state index contributed by atoms with van der Waals surface area (Å²) < 4.78 is 0. The molecule has 1 aromatic carbocycles. The van der Waals surface area contributed by atoms with Crippen molar-refractivity contribution >= 4 is 24.5 Å². The van der Waals surface area contributed by atoms with Gasteiger partial charge in [0.2, 0.25) is 6.41 Å². The van der Waals surface area contributed by atoms with Crippen molar-refractivity contribution < 1.29 is 4.79 Å². The Balaban J connectivity index is 3.12. The van der Waals surface area contributed by atoms with Gasteiger partial charge in [0.15, 0.2) is 0 Å². The van der Waals surface area contributed by atoms with Crippen molar-refractivity contribution in [3.63, 3.8) is 0 Å². The Labute approximate surface area is 71.1 Å². The number of rotatable bonds is 3. The van der Waals surface area contributed by atoms with Crippen molar-refractivity contribution in [3.8, 4) is 0 Å². The molecule has 0 aliphatic carbocycles. The van der Waals surface area contributed by atoms with E-state index in [0.29, 0.717) is 6.41 Å². The zero-order valence-electron chi connectivity index (χ0n) is 6.87. The van der Waals surface area contributed by atoms with Crippen molar-refractivity contribution in [3.05, 3.63) is 23.8 Å². The summed E-state index contributed by atoms with van der Waals surface area (Å²) in [5, 5.41) is 2.58. The lowest BCUT2D eigenvalue weighted by Crippen LogP contribution is -1.95. The van der Waals surface area contributed by atoms with Crippen LogP contribution in [0.25, 0.3) is 0 Å². The Morgan fingerprint density at radius 3 is 2.92 bits per heavy atom. The fourth-order valence-corrected chi connectivity index (χ4v) is 1.01. The number of carbonyl (C=O) groups is 1. The number of carbonyl (C=O) groups excluding carboxylic acids is 1. The van der Waals surface area contributed by atoms with E-state index in [-0.39, 0.29) is 0 Å². The van der Waals surface area contributed by atoms with Gasteiger partial charge >= 0.3 is 0 Å². The summed E-state index contributed by atoms with van der Waals surface area (Å²) in [6.45, 7) is 5.31. The highest BCUT2D eigenvalue weighted by atomic mass is 16.1. The maximum atomic E-state index is 10.2. The molecule has 0 spiro atoms. The van der Waals surface area contributed by atoms with Gasteiger partial charge in [0.25, 0.3) is 0 Å². The van der Waals surface area contributed by atoms with E-state index >= 15 is 0 Å². The third-order valence-electron chi connectivity index (χ3n) is 1.69. The summed E-state index contributed by atoms with van der Waals surface area (Å²) in [5.74, 6) is 0. The molecule has 0 bridgehead atoms. The van der Waals surface area contributed by atoms with Crippen LogP contribution >= 0.6 is 0 Å². The van der Waals surface area contributed by atoms with Crippen LogP contribution in [0.3, 0.4) is 0 Å². The number of amides is 1. The van der Waals surface area contributed by atoms with Crippen molar-refractivity contribution in [1.29, 1.82) is 0 Å². The molecular formula is C9H10N2O. The highest BCUT2D eigenvalue weighted by Gasteiger charge is 1.99. The number of benzene rings is 1. The number of anilines is 1. The Bertz CT molecular complexity index is 307. The molecule has 0 aliphatic rings. The topological polar surface area (TPSA) is 41.5 Å². The lowest BCUT2D eigenvalue weighted by Gasteiger charge is -2.05. The van der Waals surface area contributed by atoms with Gasteiger partial charge in [0.05, 0.1) is 5.69 Å². The van der Waals surface area contributed by atoms with Gasteiger partial charge in [-0.2, -0.15) is 0 Å². The van der Waals surface area contributed by atoms with Gasteiger partial charge in [-0.3, -0.25) is 9.79 Å². The van der Waals surface area contributed by atoms with Crippen molar-refractivity contribution in [1.82, 2.24) is 0 Å². The molecule has 1 aromatic rings. The molecule has 12 heavy (non-hydrogen) atoms. The average Bonchev–Trinajstić information content (AvgIpc) is 2.09. The molecule has 1 N–H and O–H groups in total. The number of aliphatic imine (C=N–C) groups is 1. The van der Waals surface area contributed by atoms with Gasteiger partial charge in [-0.15, -0.1) is 0 Å². The number of nitrogens with one attached hydrogen (secondary N) is 1. The van der Waals surface area contributed by atoms with E-state index in [1.54, 1.807) is 0 Å². The standard InChI is InChI=1S/C9H10N2O/c1-7-8(10-2)4-3-5-9(7)11-6-12/h3-6H,2H2,1H3,(H,11,12). The van der Waals surface area contributed by atoms with E-state index in [0.717, 1.165) is 16.9 Å². The van der Waals surface area contributed by atoms with Crippen LogP contribution in [0.15, 0.2) is 23.2 Å². The second-order valence-corrected chi connectivity index (χ2v) is 2.37. The maximum Gasteiger partial charge on any atom is 0.211 e. The van der Waals surface area contributed by atoms with Crippen LogP contribution in [0.2, 0.25) is 0 Å². The van der Waals surface area contributed by atoms with Gasteiger partial charge in [0.1, 0.15) is 0 Å². The minimum Gasteiger partial charge on any atom is -0.328 e. The van der Waals surface area contributed by atoms with E-state index in [9.17, 15) is 4.79 Å². The zero-order chi connectivity index (χ0) is 8.97. The molecule has 0 aliphatic heterocycles. The van der Waals surface area contributed by atoms with Crippen LogP contribution in [0.1, 0.15) is 5.56 Å². The van der Waals surface area contributed by atoms with Gasteiger partial charge in [-0.25, -0.2) is 0 Å². The molecule has 3 heteroatoms. The van der Waals surface area contributed by atoms with Crippen molar-refractivity contribution in [2.75, 3.05) is 5.32 Å². The fourth-order valence-electron chi connectivity index (χ4n) is 1.01. The van der Waals surface area contributed by atoms with E-state index in [4.69, 9.17) is 0 Å². The molecule has 1 rings (SSSR count). The predicted molar refractivity (Wildman–Crippen MR) is 50.1 cm³/mol. The Morgan fingerprint density at radius 1 is 1.58 bits per heavy atom. The first-order chi connectivity index (χ1) is 5.79. The van der Waals surface area contributed by atoms with Gasteiger partial charge < -0.3 is 5.32 Å². The zero-order valence-corrected chi connectivity index (χ0v) is 6.87. The molecule has 0 aromatic heterocycles. The molecule has 0 radical (unpaired) electrons. The molecule has 0 heterocycles. The second kappa shape index (κ2) is 3.67. The monoisotopic (exact) mass is 162 g/mol. The van der Waals surface area contributed by atoms with Gasteiger partial charge in [-0.1, -0.05) is 6.07 Å². The molecule has 0 saturated carbocycles. The number of nitrogens with zero attached hydrogens (tertiary/aromatic N) is 1. The third-order valence-corrected chi connectivity index (χ3v) is 1.69. The van der Waals surface area contributed by atoms with Crippen LogP contribution in [0.5, 0.6) is 0 Å². The summed E-state index contributed by atoms with van der Waals surface area (Å²) >= 11 is 0. The van der Waals surface area contributed by atoms with Crippen LogP contribution < -0.4 is 5.32 Å². The summed E-state index contributed by atoms with van der Waals surface area (Å²) in [6.07, 6.45) is 0.648. The number of hydrogen-bond acceptors (Lipinski definition) is 2. The minimum absolute atomic E-state index is 0.648. The average molecular weight is 162 g/mol. The second-order valence-electron chi connectivity index (χ2n) is 2.37. The lowest BCUT2D eigenvalue weighted by molar-refractivity contribution is -0.105. The largest absolute Gasteiger partial charge is 0.328 e. The Morgan fingerprint density at radius 2 is 2.33 bits per heavy atom. The fraction of sp³-hybridized carbons (Fsp3) is 0.111. The van der Waals surface area contributed by atoms with Crippen LogP contribution in [0.4, 0.5) is 11.4 Å². The van der Waals surface area contributed by atoms with E-state index in [1.807, 2.05) is 25.1 Å². The Hall–Kier alpha value is -1.64. The first kappa shape index (κ1) is 8.46. The first-order valence-electron chi connectivity index (χ1n) is 3.56. The summed E-state index contributed by atoms with van der Waals surface area (Å²) in [4.78, 5) is 14.0. The summed E-state index contributed by atoms with van der Waals surface area (Å²) in [6, 6.07) is 5.49. The van der Waals surface area contributed by atoms with E-state index in [2.05, 4.69) is 17.0 Å². The molecule has 0 atom stereocenters. The molecule has 1 amide bonds. The SMILES string of the molecule is C=Nc1cccc(NC=O)c1C. The number of hydrogen-bond donors (Lipinski definition) is 1. The molecule has 0 saturated heterocycles. The summed E-state index contributed by atoms with van der Waals surface area (Å²) in [5.41, 5.74) is 2.50. The van der Waals surface area contributed by atoms with Gasteiger partial charge in [-0.05, 0) is 31.3 Å². The predicted octanol–water partition coefficient (Wildman–Crippen LogP) is 1.90. The molecule has 0 unspecified atom stereocenters. The quantitative estimate of drug-likeness (QED) is 0.535. The summed E-state index contributed by atoms with van der Waals surface area (Å²) in [7, 11) is 0. The van der Waals surface area contributed by atoms with Crippen LogP contribution in [-0.2, 0) is 4.79 Å². The molecular weight excluding hydrogens is 152 g/mol. The highest BCUT2D eigenvalue weighted by molar-refractivity contribution is 5.76. The minimum atomic E-state index is 0.648. The van der Waals surface area contributed by atoms with Crippen molar-refractivity contribution in [2.24, 2.45) is 4.99 Å². The third kappa shape index (κ3) is 1.50. The molecule has 62 valence electrons. The highest BCUT2D eigenvalue weighted by Crippen LogP contribution is 2.24. The first-order valence-corrected chi connectivity index (χ1v) is 3.56. The maximum absolute atomic E-state index is 10.2. The molecule has 3 nitrogen and oxygen atoms in total. The Kier molecular flexibility index (Phi) is 2.58. The van der Waals surface area contributed by atoms with Crippen molar-refractivity contribution in [2.45, 2.75) is 6.92 Å². The molecule has 0 fully saturated rings. The normalized spacial score (nSPS) is 9.08. The smallest absolute Gasteiger partial charge is 0.211 e. The van der Waals surface area contributed by atoms with Gasteiger partial charge in [0, 0.05) is 5.69 Å². The van der Waals surface area contributed by atoms with Crippen LogP contribution in [-0.4, -0.2) is 13.1 Å². The van der Waals surface area contributed by atoms with Crippen LogP contribution in [0, 0.1) is 6.92 Å². The van der Waals surface area contributed by atoms with E-state index in [1.165, 1.54) is 0 Å². The lowest BCUT2D eigenvalue weighted by atomic mass is 10.1. The van der Waals surface area contributed by atoms with E-state index < -0.39 is 0 Å².